The molecular weight excluding hydrogens is 396 g/mol. The zero-order chi connectivity index (χ0) is 15.5. The van der Waals surface area contributed by atoms with Crippen LogP contribution in [0.1, 0.15) is 15.9 Å². The zero-order valence-electron chi connectivity index (χ0n) is 10.7. The van der Waals surface area contributed by atoms with Gasteiger partial charge >= 0.3 is 6.18 Å². The van der Waals surface area contributed by atoms with Crippen molar-refractivity contribution in [2.75, 3.05) is 6.61 Å². The molecule has 0 saturated heterocycles. The molecule has 0 N–H and O–H groups in total. The highest BCUT2D eigenvalue weighted by atomic mass is 127. The highest BCUT2D eigenvalue weighted by Crippen LogP contribution is 2.35. The van der Waals surface area contributed by atoms with Crippen LogP contribution in [0.3, 0.4) is 0 Å². The number of carbonyl (C=O) groups excluding carboxylic acids is 1. The van der Waals surface area contributed by atoms with E-state index in [-0.39, 0.29) is 11.5 Å². The molecule has 2 aromatic rings. The highest BCUT2D eigenvalue weighted by Gasteiger charge is 2.34. The molecule has 0 amide bonds. The molecule has 0 aliphatic heterocycles. The van der Waals surface area contributed by atoms with Gasteiger partial charge in [-0.2, -0.15) is 13.2 Å². The van der Waals surface area contributed by atoms with Crippen molar-refractivity contribution in [3.63, 3.8) is 0 Å². The van der Waals surface area contributed by atoms with Gasteiger partial charge in [-0.15, -0.1) is 0 Å². The third-order valence-electron chi connectivity index (χ3n) is 2.72. The Morgan fingerprint density at radius 2 is 1.67 bits per heavy atom. The molecule has 0 atom stereocenters. The van der Waals surface area contributed by atoms with Crippen LogP contribution in [0.15, 0.2) is 48.5 Å². The average Bonchev–Trinajstić information content (AvgIpc) is 2.45. The number of hydrogen-bond donors (Lipinski definition) is 0. The Labute approximate surface area is 133 Å². The fourth-order valence-electron chi connectivity index (χ4n) is 1.69. The van der Waals surface area contributed by atoms with E-state index in [1.165, 1.54) is 18.2 Å². The molecule has 0 spiro atoms. The Balaban J connectivity index is 2.10. The highest BCUT2D eigenvalue weighted by molar-refractivity contribution is 14.1. The summed E-state index contributed by atoms with van der Waals surface area (Å²) in [6, 6.07) is 11.5. The SMILES string of the molecule is O=C(COc1ccccc1C(F)(F)F)c1ccc(I)cc1. The summed E-state index contributed by atoms with van der Waals surface area (Å²) in [6.45, 7) is -0.437. The summed E-state index contributed by atoms with van der Waals surface area (Å²) in [7, 11) is 0. The van der Waals surface area contributed by atoms with Crippen molar-refractivity contribution in [2.45, 2.75) is 6.18 Å². The van der Waals surface area contributed by atoms with Crippen LogP contribution in [-0.4, -0.2) is 12.4 Å². The molecule has 0 aliphatic rings. The predicted molar refractivity (Wildman–Crippen MR) is 80.4 cm³/mol. The van der Waals surface area contributed by atoms with Gasteiger partial charge in [-0.25, -0.2) is 0 Å². The number of Topliss-reactive ketones (excluding diaryl/α,β-unsaturated/α-hetero) is 1. The van der Waals surface area contributed by atoms with E-state index in [4.69, 9.17) is 4.74 Å². The molecule has 0 radical (unpaired) electrons. The van der Waals surface area contributed by atoms with Crippen LogP contribution in [0.2, 0.25) is 0 Å². The van der Waals surface area contributed by atoms with Crippen molar-refractivity contribution in [2.24, 2.45) is 0 Å². The molecule has 0 saturated carbocycles. The van der Waals surface area contributed by atoms with Gasteiger partial charge in [0.25, 0.3) is 0 Å². The van der Waals surface area contributed by atoms with Crippen molar-refractivity contribution in [1.82, 2.24) is 0 Å². The number of halogens is 4. The third kappa shape index (κ3) is 4.20. The maximum absolute atomic E-state index is 12.8. The van der Waals surface area contributed by atoms with Crippen molar-refractivity contribution >= 4 is 28.4 Å². The molecule has 21 heavy (non-hydrogen) atoms. The van der Waals surface area contributed by atoms with Crippen LogP contribution >= 0.6 is 22.6 Å². The zero-order valence-corrected chi connectivity index (χ0v) is 12.8. The summed E-state index contributed by atoms with van der Waals surface area (Å²) in [5.41, 5.74) is -0.486. The molecular formula is C15H10F3IO2. The lowest BCUT2D eigenvalue weighted by Gasteiger charge is -2.13. The Morgan fingerprint density at radius 1 is 1.05 bits per heavy atom. The number of alkyl halides is 3. The largest absolute Gasteiger partial charge is 0.485 e. The predicted octanol–water partition coefficient (Wildman–Crippen LogP) is 4.57. The molecule has 0 aromatic heterocycles. The summed E-state index contributed by atoms with van der Waals surface area (Å²) < 4.78 is 44.3. The summed E-state index contributed by atoms with van der Waals surface area (Å²) in [5.74, 6) is -0.716. The van der Waals surface area contributed by atoms with Gasteiger partial charge in [0.1, 0.15) is 5.75 Å². The number of rotatable bonds is 4. The van der Waals surface area contributed by atoms with Gasteiger partial charge in [0, 0.05) is 9.13 Å². The van der Waals surface area contributed by atoms with E-state index >= 15 is 0 Å². The number of ether oxygens (including phenoxy) is 1. The summed E-state index contributed by atoms with van der Waals surface area (Å²) in [5, 5.41) is 0. The molecule has 2 nitrogen and oxygen atoms in total. The quantitative estimate of drug-likeness (QED) is 0.550. The maximum atomic E-state index is 12.8. The van der Waals surface area contributed by atoms with Gasteiger partial charge in [0.15, 0.2) is 12.4 Å². The molecule has 0 bridgehead atoms. The lowest BCUT2D eigenvalue weighted by Crippen LogP contribution is -2.14. The first kappa shape index (κ1) is 15.8. The Morgan fingerprint density at radius 3 is 2.29 bits per heavy atom. The Hall–Kier alpha value is -1.57. The van der Waals surface area contributed by atoms with Crippen molar-refractivity contribution < 1.29 is 22.7 Å². The molecule has 2 rings (SSSR count). The molecule has 6 heteroatoms. The van der Waals surface area contributed by atoms with Gasteiger partial charge in [0.05, 0.1) is 5.56 Å². The minimum atomic E-state index is -4.51. The summed E-state index contributed by atoms with van der Waals surface area (Å²) >= 11 is 2.10. The third-order valence-corrected chi connectivity index (χ3v) is 3.44. The second kappa shape index (κ2) is 6.46. The standard InChI is InChI=1S/C15H10F3IO2/c16-15(17,18)12-3-1-2-4-14(12)21-9-13(20)10-5-7-11(19)8-6-10/h1-8H,9H2. The normalized spacial score (nSPS) is 11.2. The Kier molecular flexibility index (Phi) is 4.87. The fourth-order valence-corrected chi connectivity index (χ4v) is 2.05. The maximum Gasteiger partial charge on any atom is 0.419 e. The van der Waals surface area contributed by atoms with Crippen molar-refractivity contribution in [1.29, 1.82) is 0 Å². The minimum absolute atomic E-state index is 0.344. The second-order valence-corrected chi connectivity index (χ2v) is 5.46. The van der Waals surface area contributed by atoms with Gasteiger partial charge in [-0.1, -0.05) is 24.3 Å². The van der Waals surface area contributed by atoms with E-state index in [9.17, 15) is 18.0 Å². The van der Waals surface area contributed by atoms with Crippen LogP contribution in [0.5, 0.6) is 5.75 Å². The molecule has 0 unspecified atom stereocenters. The van der Waals surface area contributed by atoms with Crippen molar-refractivity contribution in [3.8, 4) is 5.75 Å². The molecule has 110 valence electrons. The van der Waals surface area contributed by atoms with Crippen LogP contribution in [0.4, 0.5) is 13.2 Å². The first-order valence-electron chi connectivity index (χ1n) is 5.96. The first-order valence-corrected chi connectivity index (χ1v) is 7.03. The smallest absolute Gasteiger partial charge is 0.419 e. The minimum Gasteiger partial charge on any atom is -0.485 e. The molecule has 2 aromatic carbocycles. The van der Waals surface area contributed by atoms with E-state index in [0.717, 1.165) is 9.64 Å². The summed E-state index contributed by atoms with van der Waals surface area (Å²) in [4.78, 5) is 11.9. The van der Waals surface area contributed by atoms with E-state index in [1.807, 2.05) is 0 Å². The van der Waals surface area contributed by atoms with Crippen LogP contribution in [0, 0.1) is 3.57 Å². The van der Waals surface area contributed by atoms with Crippen LogP contribution < -0.4 is 4.74 Å². The summed E-state index contributed by atoms with van der Waals surface area (Å²) in [6.07, 6.45) is -4.51. The number of ketones is 1. The lowest BCUT2D eigenvalue weighted by molar-refractivity contribution is -0.138. The van der Waals surface area contributed by atoms with Gasteiger partial charge < -0.3 is 4.74 Å². The van der Waals surface area contributed by atoms with Crippen LogP contribution in [-0.2, 0) is 6.18 Å². The molecule has 0 fully saturated rings. The van der Waals surface area contributed by atoms with Gasteiger partial charge in [-0.3, -0.25) is 4.79 Å². The molecule has 0 aliphatic carbocycles. The van der Waals surface area contributed by atoms with E-state index in [2.05, 4.69) is 22.6 Å². The topological polar surface area (TPSA) is 26.3 Å². The number of hydrogen-bond acceptors (Lipinski definition) is 2. The van der Waals surface area contributed by atoms with Gasteiger partial charge in [-0.05, 0) is 46.9 Å². The second-order valence-electron chi connectivity index (χ2n) is 4.21. The van der Waals surface area contributed by atoms with E-state index < -0.39 is 18.3 Å². The Bertz CT molecular complexity index is 636. The fraction of sp³-hybridized carbons (Fsp3) is 0.133. The monoisotopic (exact) mass is 406 g/mol. The van der Waals surface area contributed by atoms with Crippen molar-refractivity contribution in [3.05, 3.63) is 63.2 Å². The number of benzene rings is 2. The van der Waals surface area contributed by atoms with Crippen LogP contribution in [0.25, 0.3) is 0 Å². The number of carbonyl (C=O) groups is 1. The van der Waals surface area contributed by atoms with Gasteiger partial charge in [0.2, 0.25) is 0 Å². The first-order chi connectivity index (χ1) is 9.88. The number of para-hydroxylation sites is 1. The average molecular weight is 406 g/mol. The lowest BCUT2D eigenvalue weighted by atomic mass is 10.1. The van der Waals surface area contributed by atoms with E-state index in [1.54, 1.807) is 24.3 Å². The molecule has 0 heterocycles. The van der Waals surface area contributed by atoms with E-state index in [0.29, 0.717) is 5.56 Å².